The number of aliphatic carboxylic acids is 1. The first-order valence-electron chi connectivity index (χ1n) is 3.03. The van der Waals surface area contributed by atoms with Crippen LogP contribution in [0, 0.1) is 0 Å². The van der Waals surface area contributed by atoms with E-state index >= 15 is 0 Å². The number of carboxylic acids is 1. The summed E-state index contributed by atoms with van der Waals surface area (Å²) in [6.07, 6.45) is -1.05. The zero-order valence-electron chi connectivity index (χ0n) is 5.90. The van der Waals surface area contributed by atoms with Crippen LogP contribution in [-0.2, 0) is 4.79 Å². The lowest BCUT2D eigenvalue weighted by atomic mass is 10.2. The monoisotopic (exact) mass is 163 g/mol. The van der Waals surface area contributed by atoms with Crippen molar-refractivity contribution in [3.05, 3.63) is 0 Å². The smallest absolute Gasteiger partial charge is 0.353 e. The van der Waals surface area contributed by atoms with Gasteiger partial charge in [-0.25, -0.2) is 4.79 Å². The average Bonchev–Trinajstić information content (AvgIpc) is 1.99. The van der Waals surface area contributed by atoms with Gasteiger partial charge in [-0.15, -0.1) is 0 Å². The Balaban J connectivity index is 4.00. The number of carbonyl (C=O) groups is 1. The Kier molecular flexibility index (Phi) is 4.16. The Morgan fingerprint density at radius 3 is 2.45 bits per heavy atom. The maximum absolute atomic E-state index is 10.2. The topological polar surface area (TPSA) is 118 Å². The molecule has 0 saturated heterocycles. The van der Waals surface area contributed by atoms with Crippen LogP contribution in [0.4, 0.5) is 0 Å². The maximum atomic E-state index is 10.2. The van der Waals surface area contributed by atoms with Crippen molar-refractivity contribution >= 4 is 11.7 Å². The lowest BCUT2D eigenvalue weighted by Gasteiger charge is -2.02. The van der Waals surface area contributed by atoms with E-state index < -0.39 is 17.8 Å². The predicted molar refractivity (Wildman–Crippen MR) is 35.2 cm³/mol. The van der Waals surface area contributed by atoms with Gasteiger partial charge in [0.25, 0.3) is 0 Å². The molecule has 11 heavy (non-hydrogen) atoms. The molecule has 0 spiro atoms. The largest absolute Gasteiger partial charge is 0.477 e. The van der Waals surface area contributed by atoms with Crippen LogP contribution in [0.5, 0.6) is 0 Å². The first-order chi connectivity index (χ1) is 5.11. The van der Waals surface area contributed by atoms with Gasteiger partial charge in [0.05, 0.1) is 0 Å². The van der Waals surface area contributed by atoms with Crippen molar-refractivity contribution in [3.8, 4) is 0 Å². The molecule has 0 rings (SSSR count). The molecule has 0 radical (unpaired) electrons. The van der Waals surface area contributed by atoms with Crippen molar-refractivity contribution in [3.63, 3.8) is 0 Å². The van der Waals surface area contributed by atoms with Crippen molar-refractivity contribution in [2.24, 2.45) is 5.16 Å². The average molecular weight is 163 g/mol. The molecule has 0 aliphatic carbocycles. The minimum Gasteiger partial charge on any atom is -0.477 e. The molecule has 0 fully saturated rings. The second kappa shape index (κ2) is 4.64. The molecule has 0 aliphatic rings. The fourth-order valence-corrected chi connectivity index (χ4v) is 0.496. The van der Waals surface area contributed by atoms with E-state index in [1.54, 1.807) is 0 Å². The number of hydrogen-bond donors (Lipinski definition) is 4. The van der Waals surface area contributed by atoms with Gasteiger partial charge in [0.2, 0.25) is 0 Å². The van der Waals surface area contributed by atoms with Gasteiger partial charge < -0.3 is 21.2 Å². The van der Waals surface area contributed by atoms with Crippen LogP contribution in [0.2, 0.25) is 0 Å². The van der Waals surface area contributed by atoms with Crippen molar-refractivity contribution in [2.45, 2.75) is 12.5 Å². The maximum Gasteiger partial charge on any atom is 0.353 e. The summed E-state index contributed by atoms with van der Waals surface area (Å²) in [5.41, 5.74) is 2.90. The lowest BCUT2D eigenvalue weighted by molar-refractivity contribution is -0.383. The van der Waals surface area contributed by atoms with E-state index in [1.165, 1.54) is 0 Å². The Morgan fingerprint density at radius 1 is 1.64 bits per heavy atom. The molecule has 0 heterocycles. The third-order valence-electron chi connectivity index (χ3n) is 1.13. The van der Waals surface area contributed by atoms with Crippen LogP contribution in [0.15, 0.2) is 5.16 Å². The van der Waals surface area contributed by atoms with E-state index in [0.717, 1.165) is 0 Å². The van der Waals surface area contributed by atoms with Gasteiger partial charge >= 0.3 is 5.97 Å². The quantitative estimate of drug-likeness (QED) is 0.215. The van der Waals surface area contributed by atoms with Gasteiger partial charge in [-0.2, -0.15) is 0 Å². The van der Waals surface area contributed by atoms with E-state index in [4.69, 9.17) is 15.4 Å². The molecule has 0 saturated carbocycles. The molecule has 0 aliphatic heterocycles. The van der Waals surface area contributed by atoms with Gasteiger partial charge in [-0.1, -0.05) is 5.16 Å². The number of oxime groups is 1. The van der Waals surface area contributed by atoms with Crippen molar-refractivity contribution in [1.82, 2.24) is 0 Å². The second-order valence-electron chi connectivity index (χ2n) is 2.00. The number of aliphatic hydroxyl groups excluding tert-OH is 1. The van der Waals surface area contributed by atoms with Crippen LogP contribution in [-0.4, -0.2) is 39.8 Å². The molecule has 0 aromatic carbocycles. The van der Waals surface area contributed by atoms with Crippen molar-refractivity contribution in [1.29, 1.82) is 0 Å². The first-order valence-corrected chi connectivity index (χ1v) is 3.03. The molecule has 64 valence electrons. The molecule has 6 N–H and O–H groups in total. The highest BCUT2D eigenvalue weighted by molar-refractivity contribution is 6.35. The summed E-state index contributed by atoms with van der Waals surface area (Å²) >= 11 is 0. The highest BCUT2D eigenvalue weighted by Gasteiger charge is 2.15. The number of rotatable bonds is 4. The van der Waals surface area contributed by atoms with Gasteiger partial charge in [-0.05, 0) is 0 Å². The summed E-state index contributed by atoms with van der Waals surface area (Å²) in [7, 11) is 0. The van der Waals surface area contributed by atoms with Crippen LogP contribution in [0.3, 0.4) is 0 Å². The fraction of sp³-hybridized carbons (Fsp3) is 0.600. The molecule has 0 aromatic rings. The Labute approximate surface area is 62.9 Å². The van der Waals surface area contributed by atoms with Gasteiger partial charge in [0, 0.05) is 6.42 Å². The van der Waals surface area contributed by atoms with Gasteiger partial charge in [-0.3, -0.25) is 0 Å². The Morgan fingerprint density at radius 2 is 2.18 bits per heavy atom. The lowest BCUT2D eigenvalue weighted by Crippen LogP contribution is -2.56. The Hall–Kier alpha value is -1.14. The molecule has 1 atom stereocenters. The SMILES string of the molecule is [NH3+]C[C@H](O)C/C(=N\O)C(=O)O. The van der Waals surface area contributed by atoms with Crippen LogP contribution < -0.4 is 5.73 Å². The fourth-order valence-electron chi connectivity index (χ4n) is 0.496. The third kappa shape index (κ3) is 3.54. The minimum absolute atomic E-state index is 0.185. The molecule has 0 amide bonds. The number of quaternary nitrogens is 1. The summed E-state index contributed by atoms with van der Waals surface area (Å²) in [6, 6.07) is 0. The van der Waals surface area contributed by atoms with E-state index in [0.29, 0.717) is 0 Å². The third-order valence-corrected chi connectivity index (χ3v) is 1.13. The molecule has 0 aromatic heterocycles. The van der Waals surface area contributed by atoms with Crippen LogP contribution >= 0.6 is 0 Å². The first kappa shape index (κ1) is 9.86. The molecule has 0 bridgehead atoms. The molecule has 0 unspecified atom stereocenters. The van der Waals surface area contributed by atoms with Crippen LogP contribution in [0.25, 0.3) is 0 Å². The molecule has 6 heteroatoms. The van der Waals surface area contributed by atoms with Gasteiger partial charge in [0.15, 0.2) is 5.71 Å². The zero-order chi connectivity index (χ0) is 8.85. The molecular weight excluding hydrogens is 152 g/mol. The number of hydrogen-bond acceptors (Lipinski definition) is 4. The van der Waals surface area contributed by atoms with E-state index in [1.807, 2.05) is 0 Å². The standard InChI is InChI=1S/C5H10N2O4/c6-2-3(8)1-4(7-11)5(9)10/h3,8,11H,1-2,6H2,(H,9,10)/p+1/b7-4+/t3-/m1/s1. The highest BCUT2D eigenvalue weighted by Crippen LogP contribution is 1.92. The molecule has 6 nitrogen and oxygen atoms in total. The predicted octanol–water partition coefficient (Wildman–Crippen LogP) is -2.11. The number of aliphatic hydroxyl groups is 1. The van der Waals surface area contributed by atoms with Crippen molar-refractivity contribution < 1.29 is 25.9 Å². The Bertz CT molecular complexity index is 168. The molecular formula is C5H11N2O4+. The number of nitrogens with zero attached hydrogens (tertiary/aromatic N) is 1. The summed E-state index contributed by atoms with van der Waals surface area (Å²) in [6.45, 7) is 0.187. The second-order valence-corrected chi connectivity index (χ2v) is 2.00. The number of carboxylic acid groups (broad SMARTS) is 1. The van der Waals surface area contributed by atoms with Crippen molar-refractivity contribution in [2.75, 3.05) is 6.54 Å². The summed E-state index contributed by atoms with van der Waals surface area (Å²) in [4.78, 5) is 10.2. The van der Waals surface area contributed by atoms with E-state index in [2.05, 4.69) is 10.9 Å². The summed E-state index contributed by atoms with van der Waals surface area (Å²) < 4.78 is 0. The minimum atomic E-state index is -1.33. The normalized spacial score (nSPS) is 14.5. The summed E-state index contributed by atoms with van der Waals surface area (Å²) in [5.74, 6) is -1.33. The van der Waals surface area contributed by atoms with E-state index in [-0.39, 0.29) is 13.0 Å². The van der Waals surface area contributed by atoms with Gasteiger partial charge in [0.1, 0.15) is 12.6 Å². The van der Waals surface area contributed by atoms with E-state index in [9.17, 15) is 4.79 Å². The highest BCUT2D eigenvalue weighted by atomic mass is 16.4. The van der Waals surface area contributed by atoms with Crippen LogP contribution in [0.1, 0.15) is 6.42 Å². The zero-order valence-corrected chi connectivity index (χ0v) is 5.90. The summed E-state index contributed by atoms with van der Waals surface area (Å²) in [5, 5.41) is 27.8.